The van der Waals surface area contributed by atoms with E-state index in [2.05, 4.69) is 37.7 Å². The number of carbonyl (C=O) groups is 1. The van der Waals surface area contributed by atoms with Crippen molar-refractivity contribution < 1.29 is 9.53 Å². The summed E-state index contributed by atoms with van der Waals surface area (Å²) in [6.45, 7) is 8.54. The normalized spacial score (nSPS) is 23.9. The van der Waals surface area contributed by atoms with Gasteiger partial charge in [0, 0.05) is 5.92 Å². The molecule has 0 aromatic carbocycles. The third-order valence-corrected chi connectivity index (χ3v) is 4.29. The van der Waals surface area contributed by atoms with E-state index in [1.165, 1.54) is 19.1 Å². The molecule has 0 N–H and O–H groups in total. The van der Waals surface area contributed by atoms with Crippen molar-refractivity contribution in [2.24, 2.45) is 11.3 Å². The maximum Gasteiger partial charge on any atom is 0.349 e. The minimum atomic E-state index is -0.487. The highest BCUT2D eigenvalue weighted by atomic mass is 35.5. The molecule has 1 aliphatic carbocycles. The first-order valence-electron chi connectivity index (χ1n) is 6.59. The molecule has 0 amide bonds. The van der Waals surface area contributed by atoms with Gasteiger partial charge in [-0.1, -0.05) is 49.2 Å². The topological polar surface area (TPSA) is 26.3 Å². The number of rotatable bonds is 3. The minimum absolute atomic E-state index is 0.147. The maximum atomic E-state index is 11.3. The van der Waals surface area contributed by atoms with Gasteiger partial charge in [-0.25, -0.2) is 4.79 Å². The van der Waals surface area contributed by atoms with Crippen LogP contribution in [0.4, 0.5) is 0 Å². The van der Waals surface area contributed by atoms with E-state index in [0.717, 1.165) is 12.0 Å². The van der Waals surface area contributed by atoms with E-state index in [-0.39, 0.29) is 10.4 Å². The molecule has 1 atom stereocenters. The lowest BCUT2D eigenvalue weighted by Crippen LogP contribution is -2.26. The van der Waals surface area contributed by atoms with Crippen LogP contribution in [0.1, 0.15) is 40.5 Å². The average Bonchev–Trinajstić information content (AvgIpc) is 2.35. The lowest BCUT2D eigenvalue weighted by Gasteiger charge is -2.36. The van der Waals surface area contributed by atoms with Crippen LogP contribution < -0.4 is 0 Å². The molecule has 0 bridgehead atoms. The summed E-state index contributed by atoms with van der Waals surface area (Å²) < 4.78 is 4.61. The molecule has 0 aliphatic heterocycles. The second-order valence-corrected chi connectivity index (χ2v) is 6.18. The van der Waals surface area contributed by atoms with E-state index in [1.54, 1.807) is 0 Å². The number of carbonyl (C=O) groups excluding carboxylic acids is 1. The lowest BCUT2D eigenvalue weighted by atomic mass is 9.68. The Labute approximate surface area is 121 Å². The Bertz CT molecular complexity index is 442. The van der Waals surface area contributed by atoms with E-state index in [9.17, 15) is 4.79 Å². The van der Waals surface area contributed by atoms with E-state index < -0.39 is 5.97 Å². The summed E-state index contributed by atoms with van der Waals surface area (Å²) >= 11 is 5.95. The Morgan fingerprint density at radius 1 is 1.53 bits per heavy atom. The van der Waals surface area contributed by atoms with Gasteiger partial charge >= 0.3 is 5.97 Å². The molecule has 0 saturated carbocycles. The van der Waals surface area contributed by atoms with E-state index in [0.29, 0.717) is 5.92 Å². The van der Waals surface area contributed by atoms with Gasteiger partial charge in [0.15, 0.2) is 0 Å². The van der Waals surface area contributed by atoms with Crippen molar-refractivity contribution in [2.45, 2.75) is 40.5 Å². The van der Waals surface area contributed by atoms with Gasteiger partial charge < -0.3 is 4.74 Å². The molecular weight excluding hydrogens is 260 g/mol. The number of halogens is 1. The monoisotopic (exact) mass is 282 g/mol. The molecule has 0 aromatic rings. The van der Waals surface area contributed by atoms with Crippen LogP contribution in [0.15, 0.2) is 34.4 Å². The van der Waals surface area contributed by atoms with Crippen LogP contribution in [0.25, 0.3) is 0 Å². The Morgan fingerprint density at radius 2 is 2.16 bits per heavy atom. The molecular formula is C16H23ClO2. The van der Waals surface area contributed by atoms with Gasteiger partial charge in [0.1, 0.15) is 5.03 Å². The molecule has 0 heterocycles. The summed E-state index contributed by atoms with van der Waals surface area (Å²) in [5, 5.41) is 0.147. The molecule has 1 unspecified atom stereocenters. The molecule has 0 saturated heterocycles. The molecule has 2 nitrogen and oxygen atoms in total. The Kier molecular flexibility index (Phi) is 5.42. The highest BCUT2D eigenvalue weighted by Gasteiger charge is 2.30. The third-order valence-electron chi connectivity index (χ3n) is 3.84. The summed E-state index contributed by atoms with van der Waals surface area (Å²) in [7, 11) is 1.33. The summed E-state index contributed by atoms with van der Waals surface area (Å²) in [5.41, 5.74) is 2.37. The zero-order chi connectivity index (χ0) is 14.6. The predicted octanol–water partition coefficient (Wildman–Crippen LogP) is 4.61. The van der Waals surface area contributed by atoms with Crippen LogP contribution in [0.5, 0.6) is 0 Å². The first-order valence-corrected chi connectivity index (χ1v) is 6.97. The van der Waals surface area contributed by atoms with Crippen molar-refractivity contribution in [3.8, 4) is 0 Å². The second-order valence-electron chi connectivity index (χ2n) is 5.80. The van der Waals surface area contributed by atoms with Crippen molar-refractivity contribution in [1.82, 2.24) is 0 Å². The molecule has 0 aromatic heterocycles. The Morgan fingerprint density at radius 3 is 2.68 bits per heavy atom. The lowest BCUT2D eigenvalue weighted by molar-refractivity contribution is -0.135. The van der Waals surface area contributed by atoms with Gasteiger partial charge in [-0.15, -0.1) is 0 Å². The largest absolute Gasteiger partial charge is 0.465 e. The maximum absolute atomic E-state index is 11.3. The number of hydrogen-bond acceptors (Lipinski definition) is 2. The highest BCUT2D eigenvalue weighted by molar-refractivity contribution is 6.41. The zero-order valence-electron chi connectivity index (χ0n) is 12.4. The smallest absolute Gasteiger partial charge is 0.349 e. The summed E-state index contributed by atoms with van der Waals surface area (Å²) in [6, 6.07) is 0. The van der Waals surface area contributed by atoms with Crippen molar-refractivity contribution in [3.05, 3.63) is 34.4 Å². The molecule has 0 spiro atoms. The Hall–Kier alpha value is -1.02. The van der Waals surface area contributed by atoms with Gasteiger partial charge in [0.2, 0.25) is 0 Å². The van der Waals surface area contributed by atoms with E-state index in [1.807, 2.05) is 13.0 Å². The van der Waals surface area contributed by atoms with Crippen LogP contribution in [0.3, 0.4) is 0 Å². The number of hydrogen-bond donors (Lipinski definition) is 0. The van der Waals surface area contributed by atoms with Gasteiger partial charge in [-0.05, 0) is 37.7 Å². The molecule has 1 rings (SSSR count). The predicted molar refractivity (Wildman–Crippen MR) is 80.0 cm³/mol. The van der Waals surface area contributed by atoms with Crippen molar-refractivity contribution in [1.29, 1.82) is 0 Å². The third kappa shape index (κ3) is 3.97. The summed E-state index contributed by atoms with van der Waals surface area (Å²) in [4.78, 5) is 11.3. The molecule has 3 heteroatoms. The van der Waals surface area contributed by atoms with Crippen molar-refractivity contribution >= 4 is 17.6 Å². The Balaban J connectivity index is 2.94. The first-order chi connectivity index (χ1) is 8.79. The SMILES string of the molecule is COC(=O)C(Cl)=C(C)C=CC1C(C)=CCCC1(C)C. The fraction of sp³-hybridized carbons (Fsp3) is 0.562. The highest BCUT2D eigenvalue weighted by Crippen LogP contribution is 2.41. The van der Waals surface area contributed by atoms with Gasteiger partial charge in [0.05, 0.1) is 7.11 Å². The van der Waals surface area contributed by atoms with Crippen LogP contribution in [-0.4, -0.2) is 13.1 Å². The number of allylic oxidation sites excluding steroid dienone is 5. The summed E-state index contributed by atoms with van der Waals surface area (Å²) in [6.07, 6.45) is 8.68. The van der Waals surface area contributed by atoms with Crippen molar-refractivity contribution in [3.63, 3.8) is 0 Å². The molecule has 0 radical (unpaired) electrons. The molecule has 106 valence electrons. The van der Waals surface area contributed by atoms with Crippen LogP contribution in [0.2, 0.25) is 0 Å². The van der Waals surface area contributed by atoms with Crippen LogP contribution in [-0.2, 0) is 9.53 Å². The van der Waals surface area contributed by atoms with E-state index >= 15 is 0 Å². The van der Waals surface area contributed by atoms with Gasteiger partial charge in [-0.3, -0.25) is 0 Å². The summed E-state index contributed by atoms with van der Waals surface area (Å²) in [5.74, 6) is -0.0997. The molecule has 0 fully saturated rings. The minimum Gasteiger partial charge on any atom is -0.465 e. The zero-order valence-corrected chi connectivity index (χ0v) is 13.2. The quantitative estimate of drug-likeness (QED) is 0.327. The van der Waals surface area contributed by atoms with Gasteiger partial charge in [-0.2, -0.15) is 0 Å². The van der Waals surface area contributed by atoms with Gasteiger partial charge in [0.25, 0.3) is 0 Å². The van der Waals surface area contributed by atoms with Crippen molar-refractivity contribution in [2.75, 3.05) is 7.11 Å². The fourth-order valence-corrected chi connectivity index (χ4v) is 2.69. The second kappa shape index (κ2) is 6.42. The average molecular weight is 283 g/mol. The fourth-order valence-electron chi connectivity index (χ4n) is 2.55. The first kappa shape index (κ1) is 16.0. The van der Waals surface area contributed by atoms with Crippen LogP contribution >= 0.6 is 11.6 Å². The van der Waals surface area contributed by atoms with Crippen LogP contribution in [0, 0.1) is 11.3 Å². The number of methoxy groups -OCH3 is 1. The number of esters is 1. The standard InChI is InChI=1S/C16H23ClO2/c1-11-7-6-10-16(3,4)13(11)9-8-12(2)14(17)15(18)19-5/h7-9,13H,6,10H2,1-5H3. The van der Waals surface area contributed by atoms with E-state index in [4.69, 9.17) is 11.6 Å². The molecule has 19 heavy (non-hydrogen) atoms. The number of ether oxygens (including phenoxy) is 1. The molecule has 1 aliphatic rings.